The van der Waals surface area contributed by atoms with Gasteiger partial charge in [-0.15, -0.1) is 0 Å². The molecule has 3 aromatic rings. The summed E-state index contributed by atoms with van der Waals surface area (Å²) in [6, 6.07) is 3.65. The zero-order valence-electron chi connectivity index (χ0n) is 9.47. The third kappa shape index (κ3) is 1.56. The van der Waals surface area contributed by atoms with Gasteiger partial charge in [-0.2, -0.15) is 0 Å². The Hall–Kier alpha value is -2.28. The first-order valence-electron chi connectivity index (χ1n) is 5.29. The van der Waals surface area contributed by atoms with Crippen LogP contribution in [0.15, 0.2) is 29.3 Å². The highest BCUT2D eigenvalue weighted by Crippen LogP contribution is 2.18. The number of pyridine rings is 1. The van der Waals surface area contributed by atoms with Gasteiger partial charge in [0, 0.05) is 18.0 Å². The third-order valence-electron chi connectivity index (χ3n) is 2.63. The maximum atomic E-state index is 12.0. The molecule has 0 aliphatic carbocycles. The molecule has 0 aliphatic rings. The quantitative estimate of drug-likeness (QED) is 0.648. The lowest BCUT2D eigenvalue weighted by molar-refractivity contribution is 0.939. The molecule has 90 valence electrons. The summed E-state index contributed by atoms with van der Waals surface area (Å²) in [7, 11) is 0. The number of nitrogens with zero attached hydrogens (tertiary/aromatic N) is 3. The van der Waals surface area contributed by atoms with E-state index in [9.17, 15) is 4.79 Å². The standard InChI is InChI=1S/C11H9N5OS/c1-6-8-14-10(18)15-11(17)16(8)9(13-6)7-3-2-4-12-5-7/h2-5H,1H3,(H2,14,15,17,18). The van der Waals surface area contributed by atoms with Crippen LogP contribution >= 0.6 is 12.2 Å². The van der Waals surface area contributed by atoms with Crippen molar-refractivity contribution in [1.29, 1.82) is 0 Å². The van der Waals surface area contributed by atoms with E-state index in [1.165, 1.54) is 4.40 Å². The Morgan fingerprint density at radius 2 is 2.22 bits per heavy atom. The molecule has 0 aromatic carbocycles. The zero-order valence-corrected chi connectivity index (χ0v) is 10.3. The number of H-pyrrole nitrogens is 2. The Morgan fingerprint density at radius 1 is 1.39 bits per heavy atom. The predicted molar refractivity (Wildman–Crippen MR) is 69.0 cm³/mol. The molecule has 0 aliphatic heterocycles. The molecule has 0 unspecified atom stereocenters. The van der Waals surface area contributed by atoms with Gasteiger partial charge in [0.1, 0.15) is 5.65 Å². The van der Waals surface area contributed by atoms with Crippen molar-refractivity contribution in [2.24, 2.45) is 0 Å². The summed E-state index contributed by atoms with van der Waals surface area (Å²) in [4.78, 5) is 25.9. The minimum atomic E-state index is -0.312. The average molecular weight is 259 g/mol. The van der Waals surface area contributed by atoms with Gasteiger partial charge in [-0.1, -0.05) is 0 Å². The highest BCUT2D eigenvalue weighted by atomic mass is 32.1. The normalized spacial score (nSPS) is 10.9. The first kappa shape index (κ1) is 10.8. The number of fused-ring (bicyclic) bond motifs is 1. The summed E-state index contributed by atoms with van der Waals surface area (Å²) < 4.78 is 1.75. The fourth-order valence-corrected chi connectivity index (χ4v) is 2.04. The molecule has 2 N–H and O–H groups in total. The molecule has 0 atom stereocenters. The molecular weight excluding hydrogens is 250 g/mol. The van der Waals surface area contributed by atoms with Crippen LogP contribution in [-0.2, 0) is 0 Å². The second kappa shape index (κ2) is 3.88. The lowest BCUT2D eigenvalue weighted by atomic mass is 10.3. The van der Waals surface area contributed by atoms with Crippen molar-refractivity contribution >= 4 is 17.9 Å². The van der Waals surface area contributed by atoms with Gasteiger partial charge in [0.25, 0.3) is 0 Å². The Kier molecular flexibility index (Phi) is 2.34. The number of rotatable bonds is 1. The highest BCUT2D eigenvalue weighted by Gasteiger charge is 2.12. The maximum Gasteiger partial charge on any atom is 0.335 e. The molecule has 18 heavy (non-hydrogen) atoms. The van der Waals surface area contributed by atoms with Gasteiger partial charge >= 0.3 is 5.69 Å². The summed E-state index contributed by atoms with van der Waals surface area (Å²) in [6.45, 7) is 1.82. The molecule has 3 rings (SSSR count). The van der Waals surface area contributed by atoms with Crippen LogP contribution in [0.1, 0.15) is 5.69 Å². The lowest BCUT2D eigenvalue weighted by Gasteiger charge is -1.99. The van der Waals surface area contributed by atoms with E-state index >= 15 is 0 Å². The Labute approximate surface area is 106 Å². The summed E-state index contributed by atoms with van der Waals surface area (Å²) in [5, 5.41) is 0. The smallest absolute Gasteiger partial charge is 0.316 e. The fraction of sp³-hybridized carbons (Fsp3) is 0.0909. The van der Waals surface area contributed by atoms with Gasteiger partial charge < -0.3 is 4.98 Å². The maximum absolute atomic E-state index is 12.0. The molecule has 0 bridgehead atoms. The molecule has 6 nitrogen and oxygen atoms in total. The van der Waals surface area contributed by atoms with Crippen LogP contribution in [0.25, 0.3) is 17.0 Å². The molecule has 0 fully saturated rings. The van der Waals surface area contributed by atoms with Gasteiger partial charge in [-0.05, 0) is 31.3 Å². The number of aromatic amines is 2. The third-order valence-corrected chi connectivity index (χ3v) is 2.83. The van der Waals surface area contributed by atoms with E-state index in [1.807, 2.05) is 13.0 Å². The first-order valence-corrected chi connectivity index (χ1v) is 5.69. The summed E-state index contributed by atoms with van der Waals surface area (Å²) >= 11 is 4.95. The molecule has 3 aromatic heterocycles. The molecule has 3 heterocycles. The first-order chi connectivity index (χ1) is 8.66. The van der Waals surface area contributed by atoms with Crippen LogP contribution in [-0.4, -0.2) is 24.3 Å². The topological polar surface area (TPSA) is 78.8 Å². The largest absolute Gasteiger partial charge is 0.335 e. The van der Waals surface area contributed by atoms with Crippen LogP contribution in [0.2, 0.25) is 0 Å². The molecule has 0 radical (unpaired) electrons. The number of hydrogen-bond donors (Lipinski definition) is 2. The second-order valence-corrected chi connectivity index (χ2v) is 4.24. The summed E-state index contributed by atoms with van der Waals surface area (Å²) in [5.41, 5.74) is 1.78. The SMILES string of the molecule is Cc1nc(-c2cccnc2)n2c(=O)[nH]c(=S)[nH]c12. The Bertz CT molecular complexity index is 830. The van der Waals surface area contributed by atoms with Crippen molar-refractivity contribution in [3.8, 4) is 11.4 Å². The van der Waals surface area contributed by atoms with E-state index in [0.29, 0.717) is 17.2 Å². The number of imidazole rings is 1. The zero-order chi connectivity index (χ0) is 12.7. The molecule has 7 heteroatoms. The van der Waals surface area contributed by atoms with Gasteiger partial charge in [0.2, 0.25) is 0 Å². The number of aryl methyl sites for hydroxylation is 1. The minimum Gasteiger partial charge on any atom is -0.316 e. The van der Waals surface area contributed by atoms with E-state index in [4.69, 9.17) is 12.2 Å². The molecule has 0 amide bonds. The van der Waals surface area contributed by atoms with Crippen LogP contribution in [0.4, 0.5) is 0 Å². The highest BCUT2D eigenvalue weighted by molar-refractivity contribution is 7.71. The molecule has 0 spiro atoms. The van der Waals surface area contributed by atoms with Crippen molar-refractivity contribution in [3.63, 3.8) is 0 Å². The predicted octanol–water partition coefficient (Wildman–Crippen LogP) is 1.45. The molecule has 0 saturated heterocycles. The summed E-state index contributed by atoms with van der Waals surface area (Å²) in [5.74, 6) is 0.545. The van der Waals surface area contributed by atoms with Gasteiger partial charge in [-0.25, -0.2) is 14.2 Å². The Balaban J connectivity index is 2.46. The summed E-state index contributed by atoms with van der Waals surface area (Å²) in [6.07, 6.45) is 3.33. The Morgan fingerprint density at radius 3 is 2.94 bits per heavy atom. The van der Waals surface area contributed by atoms with E-state index in [0.717, 1.165) is 5.56 Å². The van der Waals surface area contributed by atoms with Crippen LogP contribution in [0, 0.1) is 11.7 Å². The van der Waals surface area contributed by atoms with Gasteiger partial charge in [-0.3, -0.25) is 9.97 Å². The van der Waals surface area contributed by atoms with Crippen molar-refractivity contribution in [2.45, 2.75) is 6.92 Å². The fourth-order valence-electron chi connectivity index (χ4n) is 1.85. The van der Waals surface area contributed by atoms with Gasteiger partial charge in [0.15, 0.2) is 10.6 Å². The number of nitrogens with one attached hydrogen (secondary N) is 2. The lowest BCUT2D eigenvalue weighted by Crippen LogP contribution is -2.18. The average Bonchev–Trinajstić information content (AvgIpc) is 2.68. The second-order valence-electron chi connectivity index (χ2n) is 3.83. The minimum absolute atomic E-state index is 0.285. The van der Waals surface area contributed by atoms with Crippen molar-refractivity contribution < 1.29 is 0 Å². The van der Waals surface area contributed by atoms with Crippen LogP contribution in [0.3, 0.4) is 0 Å². The van der Waals surface area contributed by atoms with Crippen molar-refractivity contribution in [2.75, 3.05) is 0 Å². The van der Waals surface area contributed by atoms with Crippen molar-refractivity contribution in [3.05, 3.63) is 45.5 Å². The monoisotopic (exact) mass is 259 g/mol. The van der Waals surface area contributed by atoms with E-state index in [2.05, 4.69) is 19.9 Å². The van der Waals surface area contributed by atoms with Crippen LogP contribution < -0.4 is 5.69 Å². The van der Waals surface area contributed by atoms with Gasteiger partial charge in [0.05, 0.1) is 5.69 Å². The van der Waals surface area contributed by atoms with E-state index < -0.39 is 0 Å². The van der Waals surface area contributed by atoms with E-state index in [1.54, 1.807) is 18.5 Å². The molecular formula is C11H9N5OS. The van der Waals surface area contributed by atoms with Crippen molar-refractivity contribution in [1.82, 2.24) is 24.3 Å². The van der Waals surface area contributed by atoms with E-state index in [-0.39, 0.29) is 10.5 Å². The number of aromatic nitrogens is 5. The van der Waals surface area contributed by atoms with Crippen LogP contribution in [0.5, 0.6) is 0 Å². The molecule has 0 saturated carbocycles. The number of hydrogen-bond acceptors (Lipinski definition) is 4.